The lowest BCUT2D eigenvalue weighted by Gasteiger charge is -2.23. The van der Waals surface area contributed by atoms with Gasteiger partial charge in [-0.2, -0.15) is 0 Å². The van der Waals surface area contributed by atoms with Crippen LogP contribution in [0.1, 0.15) is 71.1 Å². The Morgan fingerprint density at radius 2 is 1.78 bits per heavy atom. The standard InChI is InChI=1S/C35H41ClFNO3/c1-21(2)32(24(5)38-9)33-22(3)28(17-18-30(33)36)27(23(4)34(39)41-35(6,7)8)13-11-19-40-31-14-10-12-25-20-26(37)15-16-29(25)31/h10,12,14-18,20,38H,1,11,13,19H2,2-9H3/b27-23+,32-24+. The molecule has 0 aliphatic heterocycles. The molecule has 0 saturated heterocycles. The summed E-state index contributed by atoms with van der Waals surface area (Å²) in [7, 11) is 1.87. The molecule has 0 spiro atoms. The van der Waals surface area contributed by atoms with Crippen molar-refractivity contribution < 1.29 is 18.7 Å². The summed E-state index contributed by atoms with van der Waals surface area (Å²) in [4.78, 5) is 13.3. The Bertz CT molecular complexity index is 1530. The molecule has 3 rings (SSSR count). The van der Waals surface area contributed by atoms with Crippen molar-refractivity contribution in [1.29, 1.82) is 0 Å². The third-order valence-electron chi connectivity index (χ3n) is 6.95. The first-order chi connectivity index (χ1) is 19.2. The maximum absolute atomic E-state index is 13.7. The number of benzene rings is 3. The molecule has 0 unspecified atom stereocenters. The number of hydrogen-bond donors (Lipinski definition) is 1. The van der Waals surface area contributed by atoms with Crippen molar-refractivity contribution >= 4 is 39.5 Å². The molecule has 1 N–H and O–H groups in total. The number of hydrogen-bond acceptors (Lipinski definition) is 4. The van der Waals surface area contributed by atoms with E-state index in [0.29, 0.717) is 35.8 Å². The van der Waals surface area contributed by atoms with Crippen LogP contribution in [0.4, 0.5) is 4.39 Å². The molecule has 0 amide bonds. The van der Waals surface area contributed by atoms with Gasteiger partial charge in [-0.25, -0.2) is 9.18 Å². The Kier molecular flexibility index (Phi) is 10.4. The summed E-state index contributed by atoms with van der Waals surface area (Å²) in [5, 5.41) is 5.48. The smallest absolute Gasteiger partial charge is 0.334 e. The van der Waals surface area contributed by atoms with Crippen LogP contribution in [-0.4, -0.2) is 25.2 Å². The van der Waals surface area contributed by atoms with Gasteiger partial charge in [-0.05, 0) is 119 Å². The fourth-order valence-corrected chi connectivity index (χ4v) is 5.24. The molecule has 0 atom stereocenters. The van der Waals surface area contributed by atoms with Crippen molar-refractivity contribution in [2.75, 3.05) is 13.7 Å². The van der Waals surface area contributed by atoms with Crippen LogP contribution in [0.3, 0.4) is 0 Å². The molecule has 0 radical (unpaired) electrons. The topological polar surface area (TPSA) is 47.6 Å². The molecule has 218 valence electrons. The zero-order valence-corrected chi connectivity index (χ0v) is 26.2. The number of allylic oxidation sites excluding steroid dienone is 4. The first-order valence-electron chi connectivity index (χ1n) is 13.8. The number of fused-ring (bicyclic) bond motifs is 1. The molecule has 0 fully saturated rings. The Labute approximate surface area is 248 Å². The van der Waals surface area contributed by atoms with E-state index in [1.165, 1.54) is 12.1 Å². The van der Waals surface area contributed by atoms with Crippen molar-refractivity contribution in [2.45, 2.75) is 66.9 Å². The van der Waals surface area contributed by atoms with Gasteiger partial charge >= 0.3 is 5.97 Å². The Morgan fingerprint density at radius 1 is 1.07 bits per heavy atom. The third kappa shape index (κ3) is 7.80. The molecule has 0 saturated carbocycles. The second-order valence-corrected chi connectivity index (χ2v) is 11.7. The number of nitrogens with one attached hydrogen (secondary N) is 1. The summed E-state index contributed by atoms with van der Waals surface area (Å²) in [6.07, 6.45) is 1.21. The number of rotatable bonds is 10. The SMILES string of the molecule is C=C(C)/C(=C(/C)NC)c1c(Cl)ccc(/C(CCCOc2cccc3cc(F)ccc23)=C(\C)C(=O)OC(C)(C)C)c1C. The Balaban J connectivity index is 2.01. The molecular formula is C35H41ClFNO3. The minimum absolute atomic E-state index is 0.283. The monoisotopic (exact) mass is 577 g/mol. The summed E-state index contributed by atoms with van der Waals surface area (Å²) in [5.74, 6) is 0.0532. The first kappa shape index (κ1) is 32.0. The Morgan fingerprint density at radius 3 is 2.41 bits per heavy atom. The zero-order valence-electron chi connectivity index (χ0n) is 25.4. The summed E-state index contributed by atoms with van der Waals surface area (Å²) >= 11 is 6.77. The van der Waals surface area contributed by atoms with Crippen LogP contribution >= 0.6 is 11.6 Å². The minimum Gasteiger partial charge on any atom is -0.493 e. The van der Waals surface area contributed by atoms with E-state index in [2.05, 4.69) is 11.9 Å². The van der Waals surface area contributed by atoms with Gasteiger partial charge in [0.2, 0.25) is 0 Å². The average molecular weight is 578 g/mol. The summed E-state index contributed by atoms with van der Waals surface area (Å²) in [6.45, 7) is 18.0. The van der Waals surface area contributed by atoms with Gasteiger partial charge in [0.25, 0.3) is 0 Å². The van der Waals surface area contributed by atoms with Crippen molar-refractivity contribution in [3.63, 3.8) is 0 Å². The first-order valence-corrected chi connectivity index (χ1v) is 14.2. The van der Waals surface area contributed by atoms with Gasteiger partial charge in [0.1, 0.15) is 17.2 Å². The molecule has 41 heavy (non-hydrogen) atoms. The summed E-state index contributed by atoms with van der Waals surface area (Å²) in [5.41, 5.74) is 6.36. The second kappa shape index (κ2) is 13.4. The lowest BCUT2D eigenvalue weighted by molar-refractivity contribution is -0.149. The van der Waals surface area contributed by atoms with E-state index in [0.717, 1.165) is 49.9 Å². The lowest BCUT2D eigenvalue weighted by atomic mass is 9.86. The number of esters is 1. The van der Waals surface area contributed by atoms with Crippen LogP contribution in [-0.2, 0) is 9.53 Å². The molecule has 0 aliphatic carbocycles. The van der Waals surface area contributed by atoms with E-state index in [1.54, 1.807) is 6.07 Å². The van der Waals surface area contributed by atoms with Crippen molar-refractivity contribution in [2.24, 2.45) is 0 Å². The summed E-state index contributed by atoms with van der Waals surface area (Å²) in [6, 6.07) is 14.1. The van der Waals surface area contributed by atoms with Crippen molar-refractivity contribution in [1.82, 2.24) is 5.32 Å². The molecule has 0 bridgehead atoms. The van der Waals surface area contributed by atoms with E-state index in [4.69, 9.17) is 21.1 Å². The highest BCUT2D eigenvalue weighted by molar-refractivity contribution is 6.33. The number of carbonyl (C=O) groups is 1. The molecule has 0 heterocycles. The predicted molar refractivity (Wildman–Crippen MR) is 170 cm³/mol. The van der Waals surface area contributed by atoms with Gasteiger partial charge in [-0.15, -0.1) is 0 Å². The second-order valence-electron chi connectivity index (χ2n) is 11.3. The highest BCUT2D eigenvalue weighted by atomic mass is 35.5. The molecule has 4 nitrogen and oxygen atoms in total. The van der Waals surface area contributed by atoms with Gasteiger partial charge < -0.3 is 14.8 Å². The normalized spacial score (nSPS) is 12.9. The average Bonchev–Trinajstić information content (AvgIpc) is 2.89. The fraction of sp³-hybridized carbons (Fsp3) is 0.343. The number of halogens is 2. The van der Waals surface area contributed by atoms with E-state index in [1.807, 2.05) is 85.8 Å². The zero-order chi connectivity index (χ0) is 30.5. The molecule has 3 aromatic carbocycles. The van der Waals surface area contributed by atoms with Crippen molar-refractivity contribution in [3.8, 4) is 5.75 Å². The maximum Gasteiger partial charge on any atom is 0.334 e. The number of carbonyl (C=O) groups excluding carboxylic acids is 1. The van der Waals surface area contributed by atoms with E-state index in [9.17, 15) is 9.18 Å². The van der Waals surface area contributed by atoms with E-state index >= 15 is 0 Å². The lowest BCUT2D eigenvalue weighted by Crippen LogP contribution is -2.24. The largest absolute Gasteiger partial charge is 0.493 e. The molecule has 0 aromatic heterocycles. The van der Waals surface area contributed by atoms with E-state index in [-0.39, 0.29) is 11.8 Å². The fourth-order valence-electron chi connectivity index (χ4n) is 4.94. The molecule has 0 aliphatic rings. The molecule has 3 aromatic rings. The van der Waals surface area contributed by atoms with Crippen LogP contribution in [0, 0.1) is 12.7 Å². The number of ether oxygens (including phenoxy) is 2. The highest BCUT2D eigenvalue weighted by Crippen LogP contribution is 2.39. The van der Waals surface area contributed by atoms with Gasteiger partial charge in [0.05, 0.1) is 6.61 Å². The maximum atomic E-state index is 13.7. The van der Waals surface area contributed by atoms with Crippen LogP contribution < -0.4 is 10.1 Å². The third-order valence-corrected chi connectivity index (χ3v) is 7.27. The van der Waals surface area contributed by atoms with E-state index < -0.39 is 5.60 Å². The molecule has 6 heteroatoms. The van der Waals surface area contributed by atoms with Gasteiger partial charge in [-0.1, -0.05) is 36.4 Å². The molecular weight excluding hydrogens is 537 g/mol. The van der Waals surface area contributed by atoms with Gasteiger partial charge in [-0.3, -0.25) is 0 Å². The minimum atomic E-state index is -0.625. The van der Waals surface area contributed by atoms with Gasteiger partial charge in [0, 0.05) is 39.9 Å². The Hall–Kier alpha value is -3.57. The van der Waals surface area contributed by atoms with Gasteiger partial charge in [0.15, 0.2) is 0 Å². The predicted octanol–water partition coefficient (Wildman–Crippen LogP) is 9.44. The van der Waals surface area contributed by atoms with Crippen LogP contribution in [0.2, 0.25) is 5.02 Å². The van der Waals surface area contributed by atoms with Crippen LogP contribution in [0.5, 0.6) is 5.75 Å². The highest BCUT2D eigenvalue weighted by Gasteiger charge is 2.23. The van der Waals surface area contributed by atoms with Crippen molar-refractivity contribution in [3.05, 3.63) is 99.5 Å². The van der Waals surface area contributed by atoms with Crippen LogP contribution in [0.15, 0.2) is 72.0 Å². The quantitative estimate of drug-likeness (QED) is 0.113. The van der Waals surface area contributed by atoms with Crippen LogP contribution in [0.25, 0.3) is 21.9 Å². The summed E-state index contributed by atoms with van der Waals surface area (Å²) < 4.78 is 25.6.